The van der Waals surface area contributed by atoms with Gasteiger partial charge in [-0.3, -0.25) is 0 Å². The van der Waals surface area contributed by atoms with E-state index in [-0.39, 0.29) is 0 Å². The minimum absolute atomic E-state index is 0.526. The zero-order valence-corrected chi connectivity index (χ0v) is 8.48. The van der Waals surface area contributed by atoms with Crippen molar-refractivity contribution >= 4 is 9.04 Å². The Kier molecular flexibility index (Phi) is 5.97. The lowest BCUT2D eigenvalue weighted by atomic mass is 10.6. The van der Waals surface area contributed by atoms with Crippen LogP contribution in [0.2, 0.25) is 6.55 Å². The quantitative estimate of drug-likeness (QED) is 0.559. The third-order valence-corrected chi connectivity index (χ3v) is 3.28. The molecule has 3 heteroatoms. The van der Waals surface area contributed by atoms with Gasteiger partial charge >= 0.3 is 0 Å². The second-order valence-electron chi connectivity index (χ2n) is 2.37. The van der Waals surface area contributed by atoms with Gasteiger partial charge in [0, 0.05) is 13.3 Å². The summed E-state index contributed by atoms with van der Waals surface area (Å²) in [5.41, 5.74) is 0. The van der Waals surface area contributed by atoms with Crippen molar-refractivity contribution in [1.82, 2.24) is 4.90 Å². The molecule has 0 atom stereocenters. The first-order valence-corrected chi connectivity index (χ1v) is 5.94. The van der Waals surface area contributed by atoms with Crippen LogP contribution in [0.1, 0.15) is 13.8 Å². The molecule has 0 saturated heterocycles. The molecule has 0 aromatic heterocycles. The highest BCUT2D eigenvalue weighted by atomic mass is 28.3. The van der Waals surface area contributed by atoms with Crippen LogP contribution in [0, 0.1) is 0 Å². The molecule has 0 aliphatic carbocycles. The van der Waals surface area contributed by atoms with Crippen molar-refractivity contribution in [2.24, 2.45) is 0 Å². The normalized spacial score (nSPS) is 11.4. The zero-order chi connectivity index (χ0) is 7.98. The summed E-state index contributed by atoms with van der Waals surface area (Å²) in [5.74, 6) is 0. The molecular formula is C7H18NOSi. The maximum Gasteiger partial charge on any atom is 0.222 e. The Labute approximate surface area is 65.9 Å². The fourth-order valence-electron chi connectivity index (χ4n) is 0.827. The van der Waals surface area contributed by atoms with Crippen LogP contribution < -0.4 is 0 Å². The third kappa shape index (κ3) is 4.03. The average Bonchev–Trinajstić information content (AvgIpc) is 1.99. The Hall–Kier alpha value is 0.137. The summed E-state index contributed by atoms with van der Waals surface area (Å²) in [6.07, 6.45) is 1.15. The Morgan fingerprint density at radius 3 is 2.10 bits per heavy atom. The van der Waals surface area contributed by atoms with E-state index in [0.717, 1.165) is 19.3 Å². The van der Waals surface area contributed by atoms with Gasteiger partial charge in [-0.1, -0.05) is 13.8 Å². The maximum atomic E-state index is 5.24. The van der Waals surface area contributed by atoms with Crippen molar-refractivity contribution < 1.29 is 4.43 Å². The van der Waals surface area contributed by atoms with Crippen LogP contribution in [-0.2, 0) is 4.43 Å². The van der Waals surface area contributed by atoms with Crippen LogP contribution in [0.25, 0.3) is 0 Å². The third-order valence-electron chi connectivity index (χ3n) is 1.69. The van der Waals surface area contributed by atoms with Crippen LogP contribution in [0.15, 0.2) is 0 Å². The SMILES string of the molecule is CCN(CC)C[Si](C)OC. The topological polar surface area (TPSA) is 12.5 Å². The summed E-state index contributed by atoms with van der Waals surface area (Å²) in [4.78, 5) is 2.40. The van der Waals surface area contributed by atoms with Gasteiger partial charge in [0.15, 0.2) is 0 Å². The van der Waals surface area contributed by atoms with Crippen molar-refractivity contribution in [2.75, 3.05) is 26.4 Å². The minimum Gasteiger partial charge on any atom is -0.419 e. The number of nitrogens with zero attached hydrogens (tertiary/aromatic N) is 1. The van der Waals surface area contributed by atoms with Gasteiger partial charge in [-0.25, -0.2) is 0 Å². The van der Waals surface area contributed by atoms with Crippen LogP contribution in [0.3, 0.4) is 0 Å². The van der Waals surface area contributed by atoms with E-state index >= 15 is 0 Å². The lowest BCUT2D eigenvalue weighted by Gasteiger charge is -2.19. The number of hydrogen-bond donors (Lipinski definition) is 0. The fourth-order valence-corrected chi connectivity index (χ4v) is 2.03. The van der Waals surface area contributed by atoms with Crippen molar-refractivity contribution in [3.8, 4) is 0 Å². The Bertz CT molecular complexity index is 76.0. The predicted octanol–water partition coefficient (Wildman–Crippen LogP) is 1.14. The molecular weight excluding hydrogens is 142 g/mol. The molecule has 1 radical (unpaired) electrons. The van der Waals surface area contributed by atoms with Gasteiger partial charge in [-0.2, -0.15) is 0 Å². The molecule has 0 unspecified atom stereocenters. The van der Waals surface area contributed by atoms with Gasteiger partial charge in [0.25, 0.3) is 0 Å². The summed E-state index contributed by atoms with van der Waals surface area (Å²) in [6.45, 7) is 8.86. The van der Waals surface area contributed by atoms with Gasteiger partial charge in [0.2, 0.25) is 9.04 Å². The van der Waals surface area contributed by atoms with Crippen LogP contribution in [0.4, 0.5) is 0 Å². The summed E-state index contributed by atoms with van der Waals surface area (Å²) in [7, 11) is 1.28. The maximum absolute atomic E-state index is 5.24. The molecule has 0 heterocycles. The molecule has 0 aromatic carbocycles. The molecule has 0 fully saturated rings. The lowest BCUT2D eigenvalue weighted by Crippen LogP contribution is -2.34. The highest BCUT2D eigenvalue weighted by molar-refractivity contribution is 6.50. The molecule has 0 saturated carbocycles. The van der Waals surface area contributed by atoms with Gasteiger partial charge in [0.1, 0.15) is 0 Å². The first kappa shape index (κ1) is 10.1. The Morgan fingerprint density at radius 1 is 1.30 bits per heavy atom. The first-order chi connectivity index (χ1) is 4.74. The smallest absolute Gasteiger partial charge is 0.222 e. The molecule has 0 spiro atoms. The van der Waals surface area contributed by atoms with E-state index < -0.39 is 9.04 Å². The fraction of sp³-hybridized carbons (Fsp3) is 1.00. The molecule has 0 aliphatic heterocycles. The van der Waals surface area contributed by atoms with Crippen LogP contribution in [-0.4, -0.2) is 40.3 Å². The zero-order valence-electron chi connectivity index (χ0n) is 7.48. The lowest BCUT2D eigenvalue weighted by molar-refractivity contribution is 0.321. The van der Waals surface area contributed by atoms with E-state index in [4.69, 9.17) is 4.43 Å². The molecule has 2 nitrogen and oxygen atoms in total. The van der Waals surface area contributed by atoms with Crippen molar-refractivity contribution in [3.05, 3.63) is 0 Å². The molecule has 0 aliphatic rings. The molecule has 0 rings (SSSR count). The van der Waals surface area contributed by atoms with E-state index in [1.54, 1.807) is 7.11 Å². The Balaban J connectivity index is 3.41. The van der Waals surface area contributed by atoms with E-state index in [2.05, 4.69) is 25.3 Å². The van der Waals surface area contributed by atoms with Crippen LogP contribution in [0.5, 0.6) is 0 Å². The highest BCUT2D eigenvalue weighted by Gasteiger charge is 2.07. The molecule has 61 valence electrons. The molecule has 0 aromatic rings. The molecule has 0 bridgehead atoms. The minimum atomic E-state index is -0.526. The van der Waals surface area contributed by atoms with E-state index in [0.29, 0.717) is 0 Å². The molecule has 10 heavy (non-hydrogen) atoms. The average molecular weight is 160 g/mol. The second-order valence-corrected chi connectivity index (χ2v) is 4.50. The molecule has 0 amide bonds. The Morgan fingerprint density at radius 2 is 1.80 bits per heavy atom. The largest absolute Gasteiger partial charge is 0.419 e. The second kappa shape index (κ2) is 5.89. The van der Waals surface area contributed by atoms with Gasteiger partial charge in [-0.15, -0.1) is 0 Å². The number of hydrogen-bond acceptors (Lipinski definition) is 2. The summed E-state index contributed by atoms with van der Waals surface area (Å²) in [6, 6.07) is 0. The summed E-state index contributed by atoms with van der Waals surface area (Å²) < 4.78 is 5.24. The van der Waals surface area contributed by atoms with Crippen LogP contribution >= 0.6 is 0 Å². The van der Waals surface area contributed by atoms with Gasteiger partial charge in [-0.05, 0) is 19.6 Å². The number of rotatable bonds is 5. The summed E-state index contributed by atoms with van der Waals surface area (Å²) >= 11 is 0. The first-order valence-electron chi connectivity index (χ1n) is 3.83. The molecule has 0 N–H and O–H groups in total. The van der Waals surface area contributed by atoms with Crippen molar-refractivity contribution in [1.29, 1.82) is 0 Å². The van der Waals surface area contributed by atoms with E-state index in [1.807, 2.05) is 0 Å². The summed E-state index contributed by atoms with van der Waals surface area (Å²) in [5, 5.41) is 0. The van der Waals surface area contributed by atoms with Gasteiger partial charge in [0.05, 0.1) is 0 Å². The monoisotopic (exact) mass is 160 g/mol. The van der Waals surface area contributed by atoms with Crippen molar-refractivity contribution in [2.45, 2.75) is 20.4 Å². The predicted molar refractivity (Wildman–Crippen MR) is 46.4 cm³/mol. The standard InChI is InChI=1S/C7H18NOSi/c1-5-8(6-2)7-10(4)9-3/h5-7H2,1-4H3. The van der Waals surface area contributed by atoms with E-state index in [1.165, 1.54) is 0 Å². The van der Waals surface area contributed by atoms with Gasteiger partial charge < -0.3 is 9.33 Å². The van der Waals surface area contributed by atoms with Crippen molar-refractivity contribution in [3.63, 3.8) is 0 Å². The highest BCUT2D eigenvalue weighted by Crippen LogP contribution is 1.90. The van der Waals surface area contributed by atoms with E-state index in [9.17, 15) is 0 Å².